The van der Waals surface area contributed by atoms with Gasteiger partial charge in [0, 0.05) is 18.0 Å². The summed E-state index contributed by atoms with van der Waals surface area (Å²) < 4.78 is 5.28. The Morgan fingerprint density at radius 1 is 1.19 bits per heavy atom. The van der Waals surface area contributed by atoms with Crippen molar-refractivity contribution in [2.45, 2.75) is 37.6 Å². The van der Waals surface area contributed by atoms with Crippen LogP contribution >= 0.6 is 11.6 Å². The van der Waals surface area contributed by atoms with Crippen LogP contribution in [-0.2, 0) is 4.79 Å². The molecular formula is C21H21ClN2O2. The molecule has 4 rings (SSSR count). The molecule has 1 saturated carbocycles. The lowest BCUT2D eigenvalue weighted by atomic mass is 9.97. The van der Waals surface area contributed by atoms with Crippen molar-refractivity contribution in [3.63, 3.8) is 0 Å². The zero-order chi connectivity index (χ0) is 18.1. The van der Waals surface area contributed by atoms with Crippen LogP contribution in [0.15, 0.2) is 42.5 Å². The van der Waals surface area contributed by atoms with Gasteiger partial charge in [-0.3, -0.25) is 4.79 Å². The average molecular weight is 369 g/mol. The van der Waals surface area contributed by atoms with Gasteiger partial charge in [-0.15, -0.1) is 0 Å². The summed E-state index contributed by atoms with van der Waals surface area (Å²) >= 11 is 6.14. The number of carbonyl (C=O) groups is 1. The Bertz CT molecular complexity index is 857. The van der Waals surface area contributed by atoms with E-state index in [0.29, 0.717) is 17.3 Å². The Morgan fingerprint density at radius 3 is 2.58 bits per heavy atom. The highest BCUT2D eigenvalue weighted by Gasteiger charge is 2.24. The van der Waals surface area contributed by atoms with E-state index in [1.54, 1.807) is 13.2 Å². The zero-order valence-corrected chi connectivity index (χ0v) is 15.4. The Morgan fingerprint density at radius 2 is 1.96 bits per heavy atom. The van der Waals surface area contributed by atoms with E-state index in [-0.39, 0.29) is 11.9 Å². The van der Waals surface area contributed by atoms with Crippen molar-refractivity contribution < 1.29 is 9.53 Å². The first kappa shape index (κ1) is 17.1. The van der Waals surface area contributed by atoms with Gasteiger partial charge in [0.05, 0.1) is 12.8 Å². The SMILES string of the molecule is COc1nc(C(=C[C@H]2CCC(=O)N2)c2ccc(C3CC3)cc2)ccc1Cl. The molecular weight excluding hydrogens is 348 g/mol. The summed E-state index contributed by atoms with van der Waals surface area (Å²) in [5.41, 5.74) is 4.23. The number of aromatic nitrogens is 1. The third kappa shape index (κ3) is 3.61. The predicted molar refractivity (Wildman–Crippen MR) is 102 cm³/mol. The van der Waals surface area contributed by atoms with Crippen LogP contribution in [-0.4, -0.2) is 24.0 Å². The smallest absolute Gasteiger partial charge is 0.232 e. The molecule has 1 saturated heterocycles. The number of nitrogens with zero attached hydrogens (tertiary/aromatic N) is 1. The molecule has 1 N–H and O–H groups in total. The molecule has 4 nitrogen and oxygen atoms in total. The monoisotopic (exact) mass is 368 g/mol. The van der Waals surface area contributed by atoms with E-state index in [1.165, 1.54) is 18.4 Å². The Kier molecular flexibility index (Phi) is 4.68. The van der Waals surface area contributed by atoms with Gasteiger partial charge >= 0.3 is 0 Å². The maximum absolute atomic E-state index is 11.6. The minimum atomic E-state index is 0.0177. The molecule has 1 aromatic carbocycles. The molecule has 1 aliphatic carbocycles. The van der Waals surface area contributed by atoms with Crippen molar-refractivity contribution in [1.29, 1.82) is 0 Å². The highest BCUT2D eigenvalue weighted by Crippen LogP contribution is 2.40. The minimum Gasteiger partial charge on any atom is -0.480 e. The Hall–Kier alpha value is -2.33. The molecule has 0 radical (unpaired) electrons. The number of hydrogen-bond donors (Lipinski definition) is 1. The second kappa shape index (κ2) is 7.12. The van der Waals surface area contributed by atoms with Gasteiger partial charge < -0.3 is 10.1 Å². The molecule has 1 atom stereocenters. The van der Waals surface area contributed by atoms with E-state index in [9.17, 15) is 4.79 Å². The summed E-state index contributed by atoms with van der Waals surface area (Å²) in [5.74, 6) is 1.22. The number of halogens is 1. The van der Waals surface area contributed by atoms with Gasteiger partial charge in [-0.25, -0.2) is 4.98 Å². The van der Waals surface area contributed by atoms with E-state index in [4.69, 9.17) is 16.3 Å². The maximum Gasteiger partial charge on any atom is 0.232 e. The van der Waals surface area contributed by atoms with Crippen molar-refractivity contribution in [3.05, 3.63) is 64.3 Å². The molecule has 0 unspecified atom stereocenters. The average Bonchev–Trinajstić information content (AvgIpc) is 3.43. The second-order valence-electron chi connectivity index (χ2n) is 6.88. The first-order valence-electron chi connectivity index (χ1n) is 8.96. The van der Waals surface area contributed by atoms with Crippen molar-refractivity contribution in [2.24, 2.45) is 0 Å². The molecule has 0 bridgehead atoms. The van der Waals surface area contributed by atoms with Gasteiger partial charge in [0.2, 0.25) is 11.8 Å². The summed E-state index contributed by atoms with van der Waals surface area (Å²) in [6.45, 7) is 0. The van der Waals surface area contributed by atoms with Crippen molar-refractivity contribution >= 4 is 23.1 Å². The van der Waals surface area contributed by atoms with Gasteiger partial charge in [-0.05, 0) is 48.4 Å². The number of amides is 1. The van der Waals surface area contributed by atoms with Crippen LogP contribution in [0.2, 0.25) is 5.02 Å². The molecule has 2 aromatic rings. The summed E-state index contributed by atoms with van der Waals surface area (Å²) in [6, 6.07) is 12.4. The lowest BCUT2D eigenvalue weighted by molar-refractivity contribution is -0.119. The lowest BCUT2D eigenvalue weighted by Crippen LogP contribution is -2.23. The topological polar surface area (TPSA) is 51.2 Å². The van der Waals surface area contributed by atoms with Crippen LogP contribution in [0.3, 0.4) is 0 Å². The standard InChI is InChI=1S/C21H21ClN2O2/c1-26-21-18(22)9-10-19(24-21)17(12-16-8-11-20(25)23-16)15-6-4-14(5-7-15)13-2-3-13/h4-7,9-10,12-13,16H,2-3,8,11H2,1H3,(H,23,25)/t16-/m1/s1. The molecule has 2 aliphatic rings. The van der Waals surface area contributed by atoms with E-state index < -0.39 is 0 Å². The minimum absolute atomic E-state index is 0.0177. The van der Waals surface area contributed by atoms with E-state index in [1.807, 2.05) is 6.07 Å². The maximum atomic E-state index is 11.6. The normalized spacial score (nSPS) is 20.2. The van der Waals surface area contributed by atoms with E-state index >= 15 is 0 Å². The fourth-order valence-corrected chi connectivity index (χ4v) is 3.54. The first-order valence-corrected chi connectivity index (χ1v) is 9.34. The number of methoxy groups -OCH3 is 1. The molecule has 1 amide bonds. The number of pyridine rings is 1. The molecule has 26 heavy (non-hydrogen) atoms. The van der Waals surface area contributed by atoms with E-state index in [2.05, 4.69) is 40.6 Å². The van der Waals surface area contributed by atoms with Crippen LogP contribution in [0.1, 0.15) is 48.4 Å². The number of nitrogens with one attached hydrogen (secondary N) is 1. The van der Waals surface area contributed by atoms with Crippen LogP contribution in [0.5, 0.6) is 5.88 Å². The highest BCUT2D eigenvalue weighted by atomic mass is 35.5. The fourth-order valence-electron chi connectivity index (χ4n) is 3.36. The molecule has 134 valence electrons. The third-order valence-corrected chi connectivity index (χ3v) is 5.24. The van der Waals surface area contributed by atoms with Gasteiger partial charge in [0.1, 0.15) is 5.02 Å². The van der Waals surface area contributed by atoms with Gasteiger partial charge in [-0.2, -0.15) is 0 Å². The van der Waals surface area contributed by atoms with Crippen molar-refractivity contribution in [3.8, 4) is 5.88 Å². The molecule has 2 heterocycles. The van der Waals surface area contributed by atoms with Crippen molar-refractivity contribution in [2.75, 3.05) is 7.11 Å². The summed E-state index contributed by atoms with van der Waals surface area (Å²) in [4.78, 5) is 16.1. The molecule has 1 aromatic heterocycles. The quantitative estimate of drug-likeness (QED) is 0.854. The van der Waals surface area contributed by atoms with Gasteiger partial charge in [0.15, 0.2) is 0 Å². The molecule has 0 spiro atoms. The second-order valence-corrected chi connectivity index (χ2v) is 7.28. The zero-order valence-electron chi connectivity index (χ0n) is 14.7. The molecule has 1 aliphatic heterocycles. The van der Waals surface area contributed by atoms with Crippen molar-refractivity contribution in [1.82, 2.24) is 10.3 Å². The number of hydrogen-bond acceptors (Lipinski definition) is 3. The largest absolute Gasteiger partial charge is 0.480 e. The van der Waals surface area contributed by atoms with Gasteiger partial charge in [0.25, 0.3) is 0 Å². The Balaban J connectivity index is 1.73. The third-order valence-electron chi connectivity index (χ3n) is 4.95. The summed E-state index contributed by atoms with van der Waals surface area (Å²) in [6.07, 6.45) is 6.02. The van der Waals surface area contributed by atoms with Crippen LogP contribution < -0.4 is 10.1 Å². The van der Waals surface area contributed by atoms with Crippen LogP contribution in [0.25, 0.3) is 5.57 Å². The van der Waals surface area contributed by atoms with Crippen LogP contribution in [0, 0.1) is 0 Å². The van der Waals surface area contributed by atoms with Gasteiger partial charge in [-0.1, -0.05) is 41.9 Å². The molecule has 2 fully saturated rings. The first-order chi connectivity index (χ1) is 12.6. The van der Waals surface area contributed by atoms with E-state index in [0.717, 1.165) is 29.2 Å². The number of ether oxygens (including phenoxy) is 1. The van der Waals surface area contributed by atoms with Crippen LogP contribution in [0.4, 0.5) is 0 Å². The summed E-state index contributed by atoms with van der Waals surface area (Å²) in [7, 11) is 1.56. The lowest BCUT2D eigenvalue weighted by Gasteiger charge is -2.13. The summed E-state index contributed by atoms with van der Waals surface area (Å²) in [5, 5.41) is 3.48. The predicted octanol–water partition coefficient (Wildman–Crippen LogP) is 4.33. The fraction of sp³-hybridized carbons (Fsp3) is 0.333. The highest BCUT2D eigenvalue weighted by molar-refractivity contribution is 6.31. The number of benzene rings is 1. The Labute approximate surface area is 158 Å². The molecule has 5 heteroatoms. The number of carbonyl (C=O) groups excluding carboxylic acids is 1. The number of rotatable bonds is 5.